The molecule has 0 atom stereocenters. The number of carbonyl (C=O) groups excluding carboxylic acids is 1. The van der Waals surface area contributed by atoms with Crippen LogP contribution in [-0.2, 0) is 4.79 Å². The molecule has 1 aromatic heterocycles. The Morgan fingerprint density at radius 2 is 2.00 bits per heavy atom. The highest BCUT2D eigenvalue weighted by Crippen LogP contribution is 2.11. The fraction of sp³-hybridized carbons (Fsp3) is 0.538. The summed E-state index contributed by atoms with van der Waals surface area (Å²) in [6, 6.07) is 4.07. The number of nitrogens with one attached hydrogen (secondary N) is 2. The van der Waals surface area contributed by atoms with Gasteiger partial charge in [-0.15, -0.1) is 0 Å². The molecular formula is C13H21N3O. The highest BCUT2D eigenvalue weighted by molar-refractivity contribution is 5.90. The molecule has 94 valence electrons. The second-order valence-electron chi connectivity index (χ2n) is 4.88. The highest BCUT2D eigenvalue weighted by Gasteiger charge is 2.05. The van der Waals surface area contributed by atoms with Gasteiger partial charge in [-0.2, -0.15) is 0 Å². The van der Waals surface area contributed by atoms with Crippen LogP contribution in [0.15, 0.2) is 18.3 Å². The summed E-state index contributed by atoms with van der Waals surface area (Å²) in [5.74, 6) is 1.22. The van der Waals surface area contributed by atoms with E-state index in [1.807, 2.05) is 26.0 Å². The van der Waals surface area contributed by atoms with Gasteiger partial charge in [-0.3, -0.25) is 4.79 Å². The number of hydrogen-bond donors (Lipinski definition) is 2. The zero-order valence-electron chi connectivity index (χ0n) is 10.9. The van der Waals surface area contributed by atoms with Crippen LogP contribution in [-0.4, -0.2) is 16.9 Å². The third-order valence-electron chi connectivity index (χ3n) is 2.08. The number of anilines is 2. The van der Waals surface area contributed by atoms with Gasteiger partial charge in [-0.05, 0) is 31.9 Å². The Bertz CT molecular complexity index is 357. The Hall–Kier alpha value is -1.58. The van der Waals surface area contributed by atoms with Crippen molar-refractivity contribution in [3.8, 4) is 0 Å². The molecule has 0 saturated heterocycles. The Kier molecular flexibility index (Phi) is 4.94. The van der Waals surface area contributed by atoms with Crippen LogP contribution in [0.3, 0.4) is 0 Å². The highest BCUT2D eigenvalue weighted by atomic mass is 16.1. The van der Waals surface area contributed by atoms with E-state index in [-0.39, 0.29) is 5.91 Å². The van der Waals surface area contributed by atoms with Crippen molar-refractivity contribution in [3.63, 3.8) is 0 Å². The summed E-state index contributed by atoms with van der Waals surface area (Å²) in [7, 11) is 0. The molecule has 0 aliphatic heterocycles. The molecular weight excluding hydrogens is 214 g/mol. The van der Waals surface area contributed by atoms with Crippen LogP contribution in [0.2, 0.25) is 0 Å². The Labute approximate surface area is 103 Å². The van der Waals surface area contributed by atoms with Crippen LogP contribution < -0.4 is 10.6 Å². The first kappa shape index (κ1) is 13.5. The first-order valence-corrected chi connectivity index (χ1v) is 6.00. The van der Waals surface area contributed by atoms with Crippen molar-refractivity contribution in [3.05, 3.63) is 18.3 Å². The van der Waals surface area contributed by atoms with E-state index in [0.717, 1.165) is 11.5 Å². The molecule has 0 unspecified atom stereocenters. The molecule has 0 fully saturated rings. The Morgan fingerprint density at radius 1 is 1.29 bits per heavy atom. The van der Waals surface area contributed by atoms with E-state index in [0.29, 0.717) is 18.4 Å². The SMILES string of the molecule is CC(C)CC(=O)Nc1ccc(NC(C)C)nc1. The first-order chi connectivity index (χ1) is 7.97. The molecule has 0 spiro atoms. The number of carbonyl (C=O) groups is 1. The number of rotatable bonds is 5. The molecule has 0 aliphatic carbocycles. The van der Waals surface area contributed by atoms with Crippen molar-refractivity contribution in [1.82, 2.24) is 4.98 Å². The molecule has 1 rings (SSSR count). The van der Waals surface area contributed by atoms with E-state index in [4.69, 9.17) is 0 Å². The summed E-state index contributed by atoms with van der Waals surface area (Å²) in [4.78, 5) is 15.8. The van der Waals surface area contributed by atoms with Gasteiger partial charge < -0.3 is 10.6 Å². The van der Waals surface area contributed by atoms with Crippen molar-refractivity contribution in [1.29, 1.82) is 0 Å². The number of pyridine rings is 1. The largest absolute Gasteiger partial charge is 0.368 e. The Morgan fingerprint density at radius 3 is 2.47 bits per heavy atom. The lowest BCUT2D eigenvalue weighted by Gasteiger charge is -2.10. The summed E-state index contributed by atoms with van der Waals surface area (Å²) in [5, 5.41) is 6.02. The Balaban J connectivity index is 2.53. The maximum atomic E-state index is 11.5. The molecule has 0 radical (unpaired) electrons. The van der Waals surface area contributed by atoms with Gasteiger partial charge in [0.05, 0.1) is 11.9 Å². The van der Waals surface area contributed by atoms with E-state index >= 15 is 0 Å². The standard InChI is InChI=1S/C13H21N3O/c1-9(2)7-13(17)16-11-5-6-12(14-8-11)15-10(3)4/h5-6,8-10H,7H2,1-4H3,(H,14,15)(H,16,17). The molecule has 4 heteroatoms. The minimum absolute atomic E-state index is 0.0337. The predicted octanol–water partition coefficient (Wildman–Crippen LogP) is 2.89. The lowest BCUT2D eigenvalue weighted by molar-refractivity contribution is -0.116. The maximum absolute atomic E-state index is 11.5. The van der Waals surface area contributed by atoms with Crippen molar-refractivity contribution >= 4 is 17.4 Å². The van der Waals surface area contributed by atoms with Gasteiger partial charge in [0.25, 0.3) is 0 Å². The zero-order chi connectivity index (χ0) is 12.8. The fourth-order valence-corrected chi connectivity index (χ4v) is 1.43. The molecule has 0 aliphatic rings. The average molecular weight is 235 g/mol. The van der Waals surface area contributed by atoms with E-state index in [2.05, 4.69) is 29.5 Å². The van der Waals surface area contributed by atoms with Crippen LogP contribution in [0.5, 0.6) is 0 Å². The van der Waals surface area contributed by atoms with E-state index in [1.165, 1.54) is 0 Å². The average Bonchev–Trinajstić information content (AvgIpc) is 2.18. The van der Waals surface area contributed by atoms with Crippen LogP contribution in [0.1, 0.15) is 34.1 Å². The number of hydrogen-bond acceptors (Lipinski definition) is 3. The smallest absolute Gasteiger partial charge is 0.224 e. The molecule has 0 aromatic carbocycles. The fourth-order valence-electron chi connectivity index (χ4n) is 1.43. The van der Waals surface area contributed by atoms with Gasteiger partial charge in [0.1, 0.15) is 5.82 Å². The zero-order valence-corrected chi connectivity index (χ0v) is 10.9. The minimum atomic E-state index is 0.0337. The van der Waals surface area contributed by atoms with Crippen molar-refractivity contribution in [2.45, 2.75) is 40.2 Å². The van der Waals surface area contributed by atoms with Crippen LogP contribution in [0, 0.1) is 5.92 Å². The number of aromatic nitrogens is 1. The maximum Gasteiger partial charge on any atom is 0.224 e. The summed E-state index contributed by atoms with van der Waals surface area (Å²) in [5.41, 5.74) is 0.741. The van der Waals surface area contributed by atoms with Crippen LogP contribution >= 0.6 is 0 Å². The predicted molar refractivity (Wildman–Crippen MR) is 71.1 cm³/mol. The molecule has 4 nitrogen and oxygen atoms in total. The summed E-state index contributed by atoms with van der Waals surface area (Å²) < 4.78 is 0. The lowest BCUT2D eigenvalue weighted by atomic mass is 10.1. The normalized spacial score (nSPS) is 10.7. The van der Waals surface area contributed by atoms with Gasteiger partial charge in [-0.25, -0.2) is 4.98 Å². The molecule has 0 saturated carbocycles. The minimum Gasteiger partial charge on any atom is -0.368 e. The van der Waals surface area contributed by atoms with Crippen LogP contribution in [0.25, 0.3) is 0 Å². The molecule has 1 amide bonds. The lowest BCUT2D eigenvalue weighted by Crippen LogP contribution is -2.14. The first-order valence-electron chi connectivity index (χ1n) is 6.00. The van der Waals surface area contributed by atoms with E-state index in [1.54, 1.807) is 6.20 Å². The quantitative estimate of drug-likeness (QED) is 0.825. The van der Waals surface area contributed by atoms with E-state index in [9.17, 15) is 4.79 Å². The van der Waals surface area contributed by atoms with Crippen molar-refractivity contribution in [2.75, 3.05) is 10.6 Å². The van der Waals surface area contributed by atoms with Crippen LogP contribution in [0.4, 0.5) is 11.5 Å². The van der Waals surface area contributed by atoms with Gasteiger partial charge in [0.2, 0.25) is 5.91 Å². The molecule has 17 heavy (non-hydrogen) atoms. The van der Waals surface area contributed by atoms with Crippen molar-refractivity contribution in [2.24, 2.45) is 5.92 Å². The van der Waals surface area contributed by atoms with Gasteiger partial charge in [0, 0.05) is 12.5 Å². The topological polar surface area (TPSA) is 54.0 Å². The van der Waals surface area contributed by atoms with Gasteiger partial charge >= 0.3 is 0 Å². The van der Waals surface area contributed by atoms with E-state index < -0.39 is 0 Å². The van der Waals surface area contributed by atoms with Crippen molar-refractivity contribution < 1.29 is 4.79 Å². The summed E-state index contributed by atoms with van der Waals surface area (Å²) >= 11 is 0. The monoisotopic (exact) mass is 235 g/mol. The van der Waals surface area contributed by atoms with Gasteiger partial charge in [-0.1, -0.05) is 13.8 Å². The third-order valence-corrected chi connectivity index (χ3v) is 2.08. The molecule has 2 N–H and O–H groups in total. The number of nitrogens with zero attached hydrogens (tertiary/aromatic N) is 1. The molecule has 0 bridgehead atoms. The summed E-state index contributed by atoms with van der Waals surface area (Å²) in [6.07, 6.45) is 2.20. The number of amides is 1. The molecule has 1 heterocycles. The summed E-state index contributed by atoms with van der Waals surface area (Å²) in [6.45, 7) is 8.15. The van der Waals surface area contributed by atoms with Gasteiger partial charge in [0.15, 0.2) is 0 Å². The third kappa shape index (κ3) is 5.33. The second kappa shape index (κ2) is 6.23. The second-order valence-corrected chi connectivity index (χ2v) is 4.88. The molecule has 1 aromatic rings.